The van der Waals surface area contributed by atoms with Crippen molar-refractivity contribution in [2.75, 3.05) is 26.3 Å². The third-order valence-electron chi connectivity index (χ3n) is 6.41. The monoisotopic (exact) mass is 538 g/mol. The molecule has 0 radical (unpaired) electrons. The van der Waals surface area contributed by atoms with Crippen molar-refractivity contribution in [2.24, 2.45) is 11.3 Å². The fourth-order valence-corrected chi connectivity index (χ4v) is 4.53. The van der Waals surface area contributed by atoms with E-state index in [-0.39, 0.29) is 24.2 Å². The van der Waals surface area contributed by atoms with E-state index in [1.54, 1.807) is 11.8 Å². The number of Topliss-reactive ketones (excluding diaryl/α,β-unsaturated/α-hetero) is 1. The molecule has 0 saturated carbocycles. The van der Waals surface area contributed by atoms with Gasteiger partial charge in [-0.1, -0.05) is 56.3 Å². The van der Waals surface area contributed by atoms with Gasteiger partial charge in [-0.2, -0.15) is 18.2 Å². The van der Waals surface area contributed by atoms with Gasteiger partial charge in [-0.3, -0.25) is 14.4 Å². The minimum absolute atomic E-state index is 0.0743. The van der Waals surface area contributed by atoms with Crippen LogP contribution in [0.4, 0.5) is 13.2 Å². The van der Waals surface area contributed by atoms with Crippen molar-refractivity contribution in [3.63, 3.8) is 0 Å². The maximum atomic E-state index is 13.5. The number of amides is 2. The summed E-state index contributed by atoms with van der Waals surface area (Å²) in [5, 5.41) is 5.76. The molecule has 0 spiro atoms. The number of nitrogens with zero attached hydrogens (tertiary/aromatic N) is 3. The molecule has 1 aliphatic heterocycles. The minimum Gasteiger partial charge on any atom is -0.378 e. The highest BCUT2D eigenvalue weighted by atomic mass is 19.4. The molecule has 3 rings (SSSR count). The Bertz CT molecular complexity index is 1100. The first kappa shape index (κ1) is 29.3. The first-order valence-electron chi connectivity index (χ1n) is 12.5. The Labute approximate surface area is 219 Å². The first-order chi connectivity index (χ1) is 17.9. The zero-order valence-electron chi connectivity index (χ0n) is 21.7. The Morgan fingerprint density at radius 3 is 2.34 bits per heavy atom. The zero-order valence-corrected chi connectivity index (χ0v) is 21.7. The molecule has 1 aromatic carbocycles. The molecule has 2 amide bonds. The normalized spacial score (nSPS) is 16.1. The van der Waals surface area contributed by atoms with Crippen LogP contribution in [0.3, 0.4) is 0 Å². The van der Waals surface area contributed by atoms with Crippen LogP contribution in [0.5, 0.6) is 0 Å². The summed E-state index contributed by atoms with van der Waals surface area (Å²) in [7, 11) is 0. The van der Waals surface area contributed by atoms with E-state index in [0.717, 1.165) is 5.56 Å². The number of aromatic nitrogens is 2. The van der Waals surface area contributed by atoms with E-state index in [2.05, 4.69) is 20.0 Å². The molecule has 12 heteroatoms. The number of rotatable bonds is 11. The number of hydrogen-bond acceptors (Lipinski definition) is 7. The zero-order chi connectivity index (χ0) is 27.9. The van der Waals surface area contributed by atoms with E-state index >= 15 is 0 Å². The van der Waals surface area contributed by atoms with Crippen LogP contribution in [0.2, 0.25) is 0 Å². The van der Waals surface area contributed by atoms with Crippen molar-refractivity contribution in [3.05, 3.63) is 47.6 Å². The Kier molecular flexibility index (Phi) is 9.64. The number of carbonyl (C=O) groups is 3. The van der Waals surface area contributed by atoms with Crippen molar-refractivity contribution in [3.8, 4) is 0 Å². The molecular weight excluding hydrogens is 505 g/mol. The van der Waals surface area contributed by atoms with Crippen molar-refractivity contribution < 1.29 is 36.8 Å². The Hall–Kier alpha value is -3.28. The maximum absolute atomic E-state index is 13.5. The van der Waals surface area contributed by atoms with Gasteiger partial charge in [-0.15, -0.1) is 0 Å². The molecule has 2 aromatic rings. The molecule has 0 bridgehead atoms. The number of alkyl halides is 3. The molecule has 9 nitrogen and oxygen atoms in total. The number of hydrogen-bond donors (Lipinski definition) is 1. The molecule has 2 heterocycles. The Balaban J connectivity index is 1.76. The summed E-state index contributed by atoms with van der Waals surface area (Å²) in [4.78, 5) is 44.1. The van der Waals surface area contributed by atoms with Gasteiger partial charge < -0.3 is 19.5 Å². The number of morpholine rings is 1. The Morgan fingerprint density at radius 2 is 1.76 bits per heavy atom. The van der Waals surface area contributed by atoms with Crippen LogP contribution in [-0.2, 0) is 26.9 Å². The number of benzene rings is 1. The summed E-state index contributed by atoms with van der Waals surface area (Å²) < 4.78 is 48.0. The summed E-state index contributed by atoms with van der Waals surface area (Å²) in [6.45, 7) is 7.28. The number of halogens is 3. The predicted molar refractivity (Wildman–Crippen MR) is 130 cm³/mol. The van der Waals surface area contributed by atoms with Crippen molar-refractivity contribution in [2.45, 2.75) is 58.7 Å². The second-order valence-electron chi connectivity index (χ2n) is 10.2. The fraction of sp³-hybridized carbons (Fsp3) is 0.577. The minimum atomic E-state index is -4.90. The average Bonchev–Trinajstić information content (AvgIpc) is 3.38. The van der Waals surface area contributed by atoms with Gasteiger partial charge in [0.05, 0.1) is 19.3 Å². The van der Waals surface area contributed by atoms with Gasteiger partial charge in [0.25, 0.3) is 0 Å². The summed E-state index contributed by atoms with van der Waals surface area (Å²) >= 11 is 0. The van der Waals surface area contributed by atoms with Gasteiger partial charge in [-0.25, -0.2) is 0 Å². The molecule has 1 fully saturated rings. The molecule has 1 saturated heterocycles. The number of ether oxygens (including phenoxy) is 1. The lowest BCUT2D eigenvalue weighted by Gasteiger charge is -2.32. The quantitative estimate of drug-likeness (QED) is 0.434. The van der Waals surface area contributed by atoms with Crippen molar-refractivity contribution in [1.29, 1.82) is 0 Å². The summed E-state index contributed by atoms with van der Waals surface area (Å²) in [5.74, 6) is -4.82. The van der Waals surface area contributed by atoms with E-state index in [0.29, 0.717) is 39.1 Å². The van der Waals surface area contributed by atoms with E-state index in [9.17, 15) is 27.6 Å². The van der Waals surface area contributed by atoms with E-state index < -0.39 is 41.5 Å². The lowest BCUT2D eigenvalue weighted by atomic mass is 9.76. The molecule has 38 heavy (non-hydrogen) atoms. The second kappa shape index (κ2) is 12.5. The van der Waals surface area contributed by atoms with Crippen LogP contribution >= 0.6 is 0 Å². The highest BCUT2D eigenvalue weighted by molar-refractivity contribution is 5.99. The third-order valence-corrected chi connectivity index (χ3v) is 6.41. The van der Waals surface area contributed by atoms with Gasteiger partial charge in [0.1, 0.15) is 0 Å². The van der Waals surface area contributed by atoms with E-state index in [1.807, 2.05) is 44.2 Å². The lowest BCUT2D eigenvalue weighted by Crippen LogP contribution is -2.47. The van der Waals surface area contributed by atoms with E-state index in [4.69, 9.17) is 4.74 Å². The topological polar surface area (TPSA) is 115 Å². The number of carbonyl (C=O) groups excluding carboxylic acids is 3. The van der Waals surface area contributed by atoms with Gasteiger partial charge in [-0.05, 0) is 30.2 Å². The fourth-order valence-electron chi connectivity index (χ4n) is 4.53. The van der Waals surface area contributed by atoms with E-state index in [1.165, 1.54) is 0 Å². The van der Waals surface area contributed by atoms with Crippen LogP contribution in [0.25, 0.3) is 0 Å². The highest BCUT2D eigenvalue weighted by Gasteiger charge is 2.40. The number of ketones is 1. The van der Waals surface area contributed by atoms with Gasteiger partial charge in [0, 0.05) is 25.4 Å². The molecule has 2 atom stereocenters. The molecular formula is C26H33F3N4O5. The lowest BCUT2D eigenvalue weighted by molar-refractivity contribution is -0.159. The standard InChI is InChI=1S/C26H33F3N4O5/c1-4-19(21(35)22-31-24(38-32-22)26(27,28)29)30-23(36)18(14-20(34)33-10-12-37-13-11-33)16-25(2,3)15-17-8-6-5-7-9-17/h5-9,18-19H,4,10-16H2,1-3H3,(H,30,36)/t18-,19-/m0/s1. The first-order valence-corrected chi connectivity index (χ1v) is 12.5. The van der Waals surface area contributed by atoms with Crippen LogP contribution in [0.15, 0.2) is 34.9 Å². The molecule has 1 aliphatic rings. The number of nitrogens with one attached hydrogen (secondary N) is 1. The molecule has 0 aliphatic carbocycles. The molecule has 1 N–H and O–H groups in total. The maximum Gasteiger partial charge on any atom is 0.471 e. The average molecular weight is 539 g/mol. The Morgan fingerprint density at radius 1 is 1.11 bits per heavy atom. The molecule has 0 unspecified atom stereocenters. The third kappa shape index (κ3) is 8.11. The highest BCUT2D eigenvalue weighted by Crippen LogP contribution is 2.32. The second-order valence-corrected chi connectivity index (χ2v) is 10.2. The van der Waals surface area contributed by atoms with Gasteiger partial charge in [0.2, 0.25) is 23.4 Å². The van der Waals surface area contributed by atoms with Gasteiger partial charge in [0.15, 0.2) is 0 Å². The molecule has 208 valence electrons. The predicted octanol–water partition coefficient (Wildman–Crippen LogP) is 3.69. The smallest absolute Gasteiger partial charge is 0.378 e. The van der Waals surface area contributed by atoms with Crippen LogP contribution in [0, 0.1) is 11.3 Å². The van der Waals surface area contributed by atoms with Crippen LogP contribution in [0.1, 0.15) is 62.1 Å². The summed E-state index contributed by atoms with van der Waals surface area (Å²) in [6.07, 6.45) is -3.89. The van der Waals surface area contributed by atoms with Crippen LogP contribution in [-0.4, -0.2) is 65.0 Å². The largest absolute Gasteiger partial charge is 0.471 e. The summed E-state index contributed by atoms with van der Waals surface area (Å²) in [5.41, 5.74) is 0.700. The summed E-state index contributed by atoms with van der Waals surface area (Å²) in [6, 6.07) is 8.56. The van der Waals surface area contributed by atoms with Crippen molar-refractivity contribution >= 4 is 17.6 Å². The van der Waals surface area contributed by atoms with Crippen molar-refractivity contribution in [1.82, 2.24) is 20.4 Å². The van der Waals surface area contributed by atoms with Crippen LogP contribution < -0.4 is 5.32 Å². The SMILES string of the molecule is CC[C@H](NC(=O)[C@@H](CC(=O)N1CCOCC1)CC(C)(C)Cc1ccccc1)C(=O)c1noc(C(F)(F)F)n1. The molecule has 1 aromatic heterocycles. The van der Waals surface area contributed by atoms with Gasteiger partial charge >= 0.3 is 12.1 Å².